The van der Waals surface area contributed by atoms with Crippen LogP contribution in [0.1, 0.15) is 53.5 Å². The number of hydrogen-bond donors (Lipinski definition) is 1. The van der Waals surface area contributed by atoms with E-state index in [-0.39, 0.29) is 5.92 Å². The maximum Gasteiger partial charge on any atom is 0.310 e. The molecule has 3 fully saturated rings. The van der Waals surface area contributed by atoms with Crippen molar-refractivity contribution >= 4 is 11.8 Å². The summed E-state index contributed by atoms with van der Waals surface area (Å²) in [4.78, 5) is 21.7. The van der Waals surface area contributed by atoms with Gasteiger partial charge < -0.3 is 19.5 Å². The fourth-order valence-corrected chi connectivity index (χ4v) is 7.50. The summed E-state index contributed by atoms with van der Waals surface area (Å²) in [5.41, 5.74) is 8.07. The number of aryl methyl sites for hydroxylation is 1. The molecular formula is C35H41N3O4. The van der Waals surface area contributed by atoms with Gasteiger partial charge in [0.25, 0.3) is 0 Å². The highest BCUT2D eigenvalue weighted by Crippen LogP contribution is 2.58. The zero-order valence-corrected chi connectivity index (χ0v) is 24.8. The molecule has 42 heavy (non-hydrogen) atoms. The number of hydrogen-bond acceptors (Lipinski definition) is 6. The molecule has 4 heterocycles. The molecule has 220 valence electrons. The Balaban J connectivity index is 1.07. The fourth-order valence-electron chi connectivity index (χ4n) is 7.50. The zero-order chi connectivity index (χ0) is 28.8. The van der Waals surface area contributed by atoms with Gasteiger partial charge in [-0.2, -0.15) is 0 Å². The summed E-state index contributed by atoms with van der Waals surface area (Å²) in [7, 11) is 0. The minimum atomic E-state index is -0.637. The van der Waals surface area contributed by atoms with Crippen LogP contribution in [0.3, 0.4) is 0 Å². The van der Waals surface area contributed by atoms with Gasteiger partial charge >= 0.3 is 5.97 Å². The molecule has 0 spiro atoms. The molecule has 0 unspecified atom stereocenters. The van der Waals surface area contributed by atoms with E-state index < -0.39 is 11.4 Å². The van der Waals surface area contributed by atoms with Gasteiger partial charge in [0, 0.05) is 51.0 Å². The van der Waals surface area contributed by atoms with Crippen molar-refractivity contribution in [3.8, 4) is 17.0 Å². The summed E-state index contributed by atoms with van der Waals surface area (Å²) < 4.78 is 12.1. The summed E-state index contributed by atoms with van der Waals surface area (Å²) in [5, 5.41) is 9.66. The predicted molar refractivity (Wildman–Crippen MR) is 163 cm³/mol. The van der Waals surface area contributed by atoms with E-state index in [4.69, 9.17) is 14.5 Å². The summed E-state index contributed by atoms with van der Waals surface area (Å²) in [5.74, 6) is 1.32. The number of nitrogens with zero attached hydrogens (tertiary/aromatic N) is 3. The normalized spacial score (nSPS) is 24.1. The first-order chi connectivity index (χ1) is 20.4. The first kappa shape index (κ1) is 27.4. The van der Waals surface area contributed by atoms with Crippen molar-refractivity contribution in [2.24, 2.45) is 11.3 Å². The summed E-state index contributed by atoms with van der Waals surface area (Å²) in [6.07, 6.45) is 4.83. The average Bonchev–Trinajstić information content (AvgIpc) is 3.77. The Morgan fingerprint density at radius 3 is 2.79 bits per heavy atom. The number of rotatable bonds is 7. The lowest BCUT2D eigenvalue weighted by Crippen LogP contribution is -2.42. The Labute approximate surface area is 248 Å². The van der Waals surface area contributed by atoms with Crippen LogP contribution < -0.4 is 9.64 Å². The van der Waals surface area contributed by atoms with Gasteiger partial charge in [0.1, 0.15) is 18.2 Å². The molecule has 2 saturated heterocycles. The first-order valence-electron chi connectivity index (χ1n) is 15.5. The molecule has 0 bridgehead atoms. The van der Waals surface area contributed by atoms with E-state index in [0.29, 0.717) is 19.1 Å². The van der Waals surface area contributed by atoms with E-state index in [1.807, 2.05) is 18.2 Å². The summed E-state index contributed by atoms with van der Waals surface area (Å²) in [6.45, 7) is 10.3. The van der Waals surface area contributed by atoms with Crippen LogP contribution in [0.15, 0.2) is 48.5 Å². The molecule has 4 aliphatic rings. The van der Waals surface area contributed by atoms with E-state index in [1.54, 1.807) is 0 Å². The Morgan fingerprint density at radius 2 is 1.98 bits per heavy atom. The van der Waals surface area contributed by atoms with E-state index in [2.05, 4.69) is 54.0 Å². The number of carboxylic acid groups (broad SMARTS) is 1. The van der Waals surface area contributed by atoms with Crippen molar-refractivity contribution in [1.82, 2.24) is 9.88 Å². The molecule has 3 aliphatic heterocycles. The van der Waals surface area contributed by atoms with Gasteiger partial charge in [-0.05, 0) is 98.4 Å². The van der Waals surface area contributed by atoms with Crippen LogP contribution in [-0.2, 0) is 29.1 Å². The van der Waals surface area contributed by atoms with Gasteiger partial charge in [0.2, 0.25) is 0 Å². The zero-order valence-electron chi connectivity index (χ0n) is 24.8. The average molecular weight is 568 g/mol. The van der Waals surface area contributed by atoms with Gasteiger partial charge in [-0.15, -0.1) is 0 Å². The van der Waals surface area contributed by atoms with Crippen LogP contribution in [0.4, 0.5) is 5.82 Å². The van der Waals surface area contributed by atoms with Crippen molar-refractivity contribution in [1.29, 1.82) is 0 Å². The van der Waals surface area contributed by atoms with Crippen molar-refractivity contribution in [2.75, 3.05) is 37.7 Å². The van der Waals surface area contributed by atoms with Crippen molar-refractivity contribution < 1.29 is 19.4 Å². The van der Waals surface area contributed by atoms with Crippen LogP contribution in [-0.4, -0.2) is 59.8 Å². The molecule has 7 nitrogen and oxygen atoms in total. The number of carboxylic acids is 1. The molecular weight excluding hydrogens is 526 g/mol. The van der Waals surface area contributed by atoms with Crippen molar-refractivity contribution in [3.63, 3.8) is 0 Å². The Hall–Kier alpha value is -3.42. The number of anilines is 1. The van der Waals surface area contributed by atoms with Crippen molar-refractivity contribution in [3.05, 3.63) is 76.3 Å². The van der Waals surface area contributed by atoms with Gasteiger partial charge in [-0.25, -0.2) is 4.98 Å². The molecule has 1 N–H and O–H groups in total. The van der Waals surface area contributed by atoms with Crippen LogP contribution in [0.25, 0.3) is 11.3 Å². The highest BCUT2D eigenvalue weighted by molar-refractivity contribution is 5.79. The van der Waals surface area contributed by atoms with Crippen LogP contribution in [0.5, 0.6) is 5.75 Å². The van der Waals surface area contributed by atoms with E-state index in [9.17, 15) is 9.90 Å². The maximum absolute atomic E-state index is 11.7. The number of piperidine rings is 1. The molecule has 3 aromatic rings. The van der Waals surface area contributed by atoms with Crippen LogP contribution in [0, 0.1) is 25.2 Å². The Morgan fingerprint density at radius 1 is 1.12 bits per heavy atom. The molecule has 7 rings (SSSR count). The number of pyridine rings is 1. The fraction of sp³-hybridized carbons (Fsp3) is 0.486. The second kappa shape index (κ2) is 11.0. The largest absolute Gasteiger partial charge is 0.488 e. The number of ether oxygens (including phenoxy) is 2. The minimum Gasteiger partial charge on any atom is -0.488 e. The van der Waals surface area contributed by atoms with Crippen molar-refractivity contribution in [2.45, 2.75) is 65.1 Å². The van der Waals surface area contributed by atoms with Gasteiger partial charge in [-0.3, -0.25) is 9.69 Å². The minimum absolute atomic E-state index is 0.219. The lowest BCUT2D eigenvalue weighted by molar-refractivity contribution is -0.144. The lowest BCUT2D eigenvalue weighted by atomic mass is 9.90. The highest BCUT2D eigenvalue weighted by atomic mass is 16.5. The second-order valence-corrected chi connectivity index (χ2v) is 12.8. The smallest absolute Gasteiger partial charge is 0.310 e. The number of fused-ring (bicyclic) bond motifs is 2. The number of aliphatic carboxylic acids is 1. The molecule has 1 aromatic heterocycles. The molecule has 0 radical (unpaired) electrons. The molecule has 0 amide bonds. The molecule has 2 aromatic carbocycles. The first-order valence-corrected chi connectivity index (χ1v) is 15.5. The Bertz CT molecular complexity index is 1500. The summed E-state index contributed by atoms with van der Waals surface area (Å²) in [6, 6.07) is 17.6. The summed E-state index contributed by atoms with van der Waals surface area (Å²) >= 11 is 0. The predicted octanol–water partition coefficient (Wildman–Crippen LogP) is 5.78. The maximum atomic E-state index is 11.7. The van der Waals surface area contributed by atoms with Gasteiger partial charge in [0.05, 0.1) is 11.1 Å². The van der Waals surface area contributed by atoms with E-state index >= 15 is 0 Å². The third kappa shape index (κ3) is 5.07. The number of benzene rings is 2. The SMILES string of the molecule is Cc1ccc(OCc2ccc3c(c2C)CCN(C2CCOCC2)C3)c(-c2cccc(N3CC[C@@]4(C(=O)O)C[C@H]4C3)n2)c1. The second-order valence-electron chi connectivity index (χ2n) is 12.8. The van der Waals surface area contributed by atoms with Gasteiger partial charge in [0.15, 0.2) is 0 Å². The van der Waals surface area contributed by atoms with E-state index in [1.165, 1.54) is 22.3 Å². The molecule has 7 heteroatoms. The molecule has 1 aliphatic carbocycles. The monoisotopic (exact) mass is 567 g/mol. The van der Waals surface area contributed by atoms with Crippen LogP contribution >= 0.6 is 0 Å². The standard InChI is InChI=1S/C35H41N3O4/c1-23-6-9-32(30(18-23)31-4-3-5-33(36-31)38-15-13-35(34(39)40)19-27(35)21-38)42-22-26-8-7-25-20-37(14-10-29(25)24(26)2)28-11-16-41-17-12-28/h3-9,18,27-28H,10-17,19-22H2,1-2H3,(H,39,40)/t27-,35+/m0/s1. The molecule has 2 atom stereocenters. The highest BCUT2D eigenvalue weighted by Gasteiger charge is 2.62. The van der Waals surface area contributed by atoms with Gasteiger partial charge in [-0.1, -0.05) is 29.8 Å². The van der Waals surface area contributed by atoms with E-state index in [0.717, 1.165) is 93.5 Å². The quantitative estimate of drug-likeness (QED) is 0.388. The number of aromatic nitrogens is 1. The van der Waals surface area contributed by atoms with Crippen LogP contribution in [0.2, 0.25) is 0 Å². The number of carbonyl (C=O) groups is 1. The lowest BCUT2D eigenvalue weighted by Gasteiger charge is -2.38. The molecule has 1 saturated carbocycles. The third-order valence-electron chi connectivity index (χ3n) is 10.3. The Kier molecular flexibility index (Phi) is 7.19. The topological polar surface area (TPSA) is 75.1 Å². The third-order valence-corrected chi connectivity index (χ3v) is 10.3.